The number of hydrogen-bond donors (Lipinski definition) is 2. The predicted molar refractivity (Wildman–Crippen MR) is 56.0 cm³/mol. The van der Waals surface area contributed by atoms with E-state index < -0.39 is 5.82 Å². The van der Waals surface area contributed by atoms with Gasteiger partial charge in [-0.1, -0.05) is 6.92 Å². The number of nitrogens with zero attached hydrogens (tertiary/aromatic N) is 1. The lowest BCUT2D eigenvalue weighted by atomic mass is 10.3. The first-order chi connectivity index (χ1) is 7.22. The van der Waals surface area contributed by atoms with Crippen LogP contribution in [0.2, 0.25) is 0 Å². The van der Waals surface area contributed by atoms with Crippen molar-refractivity contribution in [2.24, 2.45) is 0 Å². The molecule has 5 heteroatoms. The van der Waals surface area contributed by atoms with E-state index >= 15 is 0 Å². The lowest BCUT2D eigenvalue weighted by Gasteiger charge is -2.04. The molecule has 0 aromatic carbocycles. The minimum absolute atomic E-state index is 0.130. The number of carbonyl (C=O) groups is 1. The summed E-state index contributed by atoms with van der Waals surface area (Å²) in [5, 5.41) is 5.60. The van der Waals surface area contributed by atoms with Crippen LogP contribution in [-0.4, -0.2) is 24.0 Å². The van der Waals surface area contributed by atoms with E-state index in [2.05, 4.69) is 15.6 Å². The van der Waals surface area contributed by atoms with Gasteiger partial charge in [0.05, 0.1) is 6.20 Å². The molecule has 0 atom stereocenters. The minimum atomic E-state index is -0.416. The van der Waals surface area contributed by atoms with Gasteiger partial charge in [0.2, 0.25) is 5.91 Å². The van der Waals surface area contributed by atoms with Crippen LogP contribution in [-0.2, 0) is 4.79 Å². The molecule has 82 valence electrons. The molecule has 15 heavy (non-hydrogen) atoms. The standard InChI is InChI=1S/C10H14FN3O/c1-2-12-6-5-10(15)14-9-4-3-8(11)7-13-9/h3-4,7,12H,2,5-6H2,1H3,(H,13,14,15). The number of carbonyl (C=O) groups excluding carboxylic acids is 1. The summed E-state index contributed by atoms with van der Waals surface area (Å²) < 4.78 is 12.5. The van der Waals surface area contributed by atoms with Gasteiger partial charge in [-0.25, -0.2) is 9.37 Å². The van der Waals surface area contributed by atoms with E-state index in [-0.39, 0.29) is 5.91 Å². The fourth-order valence-electron chi connectivity index (χ4n) is 1.03. The van der Waals surface area contributed by atoms with Crippen LogP contribution >= 0.6 is 0 Å². The Bertz CT molecular complexity index is 313. The van der Waals surface area contributed by atoms with Gasteiger partial charge in [0.1, 0.15) is 11.6 Å². The maximum Gasteiger partial charge on any atom is 0.226 e. The molecule has 0 spiro atoms. The fraction of sp³-hybridized carbons (Fsp3) is 0.400. The van der Waals surface area contributed by atoms with Crippen molar-refractivity contribution in [3.8, 4) is 0 Å². The van der Waals surface area contributed by atoms with Crippen LogP contribution in [0, 0.1) is 5.82 Å². The normalized spacial score (nSPS) is 10.0. The molecule has 2 N–H and O–H groups in total. The molecule has 4 nitrogen and oxygen atoms in total. The molecule has 0 aliphatic heterocycles. The molecule has 1 heterocycles. The van der Waals surface area contributed by atoms with Gasteiger partial charge in [-0.3, -0.25) is 4.79 Å². The molecule has 0 aliphatic rings. The van der Waals surface area contributed by atoms with Gasteiger partial charge in [0, 0.05) is 13.0 Å². The summed E-state index contributed by atoms with van der Waals surface area (Å²) >= 11 is 0. The summed E-state index contributed by atoms with van der Waals surface area (Å²) in [5.41, 5.74) is 0. The molecule has 0 fully saturated rings. The third-order valence-corrected chi connectivity index (χ3v) is 1.77. The highest BCUT2D eigenvalue weighted by atomic mass is 19.1. The average molecular weight is 211 g/mol. The fourth-order valence-corrected chi connectivity index (χ4v) is 1.03. The molecule has 1 amide bonds. The van der Waals surface area contributed by atoms with Crippen molar-refractivity contribution in [2.75, 3.05) is 18.4 Å². The predicted octanol–water partition coefficient (Wildman–Crippen LogP) is 1.16. The number of pyridine rings is 1. The smallest absolute Gasteiger partial charge is 0.226 e. The van der Waals surface area contributed by atoms with Gasteiger partial charge in [-0.15, -0.1) is 0 Å². The molecule has 0 bridgehead atoms. The Morgan fingerprint density at radius 3 is 2.93 bits per heavy atom. The average Bonchev–Trinajstić information content (AvgIpc) is 2.22. The molecule has 0 unspecified atom stereocenters. The largest absolute Gasteiger partial charge is 0.316 e. The van der Waals surface area contributed by atoms with Gasteiger partial charge in [0.25, 0.3) is 0 Å². The zero-order valence-electron chi connectivity index (χ0n) is 8.59. The Morgan fingerprint density at radius 2 is 2.33 bits per heavy atom. The first-order valence-corrected chi connectivity index (χ1v) is 4.84. The lowest BCUT2D eigenvalue weighted by molar-refractivity contribution is -0.116. The van der Waals surface area contributed by atoms with Crippen LogP contribution in [0.4, 0.5) is 10.2 Å². The van der Waals surface area contributed by atoms with Gasteiger partial charge >= 0.3 is 0 Å². The zero-order valence-corrected chi connectivity index (χ0v) is 8.59. The summed E-state index contributed by atoms with van der Waals surface area (Å²) in [5.74, 6) is -0.173. The maximum atomic E-state index is 12.5. The summed E-state index contributed by atoms with van der Waals surface area (Å²) in [4.78, 5) is 15.0. The lowest BCUT2D eigenvalue weighted by Crippen LogP contribution is -2.21. The second-order valence-electron chi connectivity index (χ2n) is 3.01. The molecule has 0 saturated heterocycles. The second kappa shape index (κ2) is 6.08. The van der Waals surface area contributed by atoms with Crippen molar-refractivity contribution in [1.82, 2.24) is 10.3 Å². The molecule has 0 saturated carbocycles. The second-order valence-corrected chi connectivity index (χ2v) is 3.01. The summed E-state index contributed by atoms with van der Waals surface area (Å²) in [7, 11) is 0. The van der Waals surface area contributed by atoms with Gasteiger partial charge in [-0.2, -0.15) is 0 Å². The molecular formula is C10H14FN3O. The summed E-state index contributed by atoms with van der Waals surface area (Å²) in [6, 6.07) is 2.69. The van der Waals surface area contributed by atoms with Crippen molar-refractivity contribution < 1.29 is 9.18 Å². The van der Waals surface area contributed by atoms with Gasteiger partial charge < -0.3 is 10.6 Å². The molecule has 0 aliphatic carbocycles. The van der Waals surface area contributed by atoms with Gasteiger partial charge in [0.15, 0.2) is 0 Å². The SMILES string of the molecule is CCNCCC(=O)Nc1ccc(F)cn1. The van der Waals surface area contributed by atoms with E-state index in [1.807, 2.05) is 6.92 Å². The van der Waals surface area contributed by atoms with Crippen LogP contribution in [0.25, 0.3) is 0 Å². The van der Waals surface area contributed by atoms with E-state index in [1.165, 1.54) is 12.1 Å². The highest BCUT2D eigenvalue weighted by molar-refractivity contribution is 5.89. The molecule has 1 aromatic rings. The van der Waals surface area contributed by atoms with E-state index in [9.17, 15) is 9.18 Å². The topological polar surface area (TPSA) is 54.0 Å². The Hall–Kier alpha value is -1.49. The summed E-state index contributed by atoms with van der Waals surface area (Å²) in [6.45, 7) is 3.44. The monoisotopic (exact) mass is 211 g/mol. The molecule has 1 rings (SSSR count). The van der Waals surface area contributed by atoms with Crippen molar-refractivity contribution >= 4 is 11.7 Å². The highest BCUT2D eigenvalue weighted by Gasteiger charge is 2.02. The van der Waals surface area contributed by atoms with Crippen LogP contribution in [0.15, 0.2) is 18.3 Å². The van der Waals surface area contributed by atoms with Crippen LogP contribution in [0.5, 0.6) is 0 Å². The number of halogens is 1. The van der Waals surface area contributed by atoms with E-state index in [0.29, 0.717) is 18.8 Å². The zero-order chi connectivity index (χ0) is 11.1. The number of anilines is 1. The third-order valence-electron chi connectivity index (χ3n) is 1.77. The van der Waals surface area contributed by atoms with Crippen LogP contribution in [0.3, 0.4) is 0 Å². The number of nitrogens with one attached hydrogen (secondary N) is 2. The third kappa shape index (κ3) is 4.51. The Balaban J connectivity index is 2.34. The summed E-state index contributed by atoms with van der Waals surface area (Å²) in [6.07, 6.45) is 1.45. The Kier molecular flexibility index (Phi) is 4.70. The maximum absolute atomic E-state index is 12.5. The minimum Gasteiger partial charge on any atom is -0.316 e. The first-order valence-electron chi connectivity index (χ1n) is 4.84. The number of hydrogen-bond acceptors (Lipinski definition) is 3. The molecular weight excluding hydrogens is 197 g/mol. The van der Waals surface area contributed by atoms with Crippen LogP contribution in [0.1, 0.15) is 13.3 Å². The quantitative estimate of drug-likeness (QED) is 0.718. The first kappa shape index (κ1) is 11.6. The number of aromatic nitrogens is 1. The van der Waals surface area contributed by atoms with E-state index in [4.69, 9.17) is 0 Å². The Morgan fingerprint density at radius 1 is 1.53 bits per heavy atom. The van der Waals surface area contributed by atoms with Crippen molar-refractivity contribution in [2.45, 2.75) is 13.3 Å². The van der Waals surface area contributed by atoms with Crippen molar-refractivity contribution in [3.05, 3.63) is 24.1 Å². The van der Waals surface area contributed by atoms with Crippen molar-refractivity contribution in [3.63, 3.8) is 0 Å². The molecule has 1 aromatic heterocycles. The van der Waals surface area contributed by atoms with Gasteiger partial charge in [-0.05, 0) is 18.7 Å². The molecule has 0 radical (unpaired) electrons. The van der Waals surface area contributed by atoms with E-state index in [1.54, 1.807) is 0 Å². The number of rotatable bonds is 5. The number of amides is 1. The highest BCUT2D eigenvalue weighted by Crippen LogP contribution is 2.03. The van der Waals surface area contributed by atoms with Crippen molar-refractivity contribution in [1.29, 1.82) is 0 Å². The van der Waals surface area contributed by atoms with E-state index in [0.717, 1.165) is 12.7 Å². The Labute approximate surface area is 87.9 Å². The van der Waals surface area contributed by atoms with Crippen LogP contribution < -0.4 is 10.6 Å².